The van der Waals surface area contributed by atoms with Crippen LogP contribution >= 0.6 is 11.3 Å². The molecule has 0 bridgehead atoms. The van der Waals surface area contributed by atoms with E-state index in [1.165, 1.54) is 11.3 Å². The lowest BCUT2D eigenvalue weighted by molar-refractivity contribution is 0.282. The van der Waals surface area contributed by atoms with Gasteiger partial charge in [0.15, 0.2) is 0 Å². The zero-order valence-corrected chi connectivity index (χ0v) is 10.7. The Kier molecular flexibility index (Phi) is 5.97. The number of thiophene rings is 1. The van der Waals surface area contributed by atoms with E-state index in [9.17, 15) is 8.42 Å². The largest absolute Gasteiger partial charge is 0.396 e. The minimum Gasteiger partial charge on any atom is -0.396 e. The first-order chi connectivity index (χ1) is 7.67. The predicted molar refractivity (Wildman–Crippen MR) is 65.1 cm³/mol. The van der Waals surface area contributed by atoms with E-state index in [0.29, 0.717) is 10.8 Å². The molecule has 0 atom stereocenters. The van der Waals surface area contributed by atoms with E-state index in [-0.39, 0.29) is 6.61 Å². The molecule has 0 spiro atoms. The first-order valence-electron chi connectivity index (χ1n) is 5.31. The normalized spacial score (nSPS) is 11.8. The second kappa shape index (κ2) is 7.01. The first-order valence-corrected chi connectivity index (χ1v) is 7.67. The maximum atomic E-state index is 11.6. The molecule has 0 aliphatic rings. The van der Waals surface area contributed by atoms with E-state index >= 15 is 0 Å². The van der Waals surface area contributed by atoms with Crippen LogP contribution in [0.3, 0.4) is 0 Å². The topological polar surface area (TPSA) is 66.4 Å². The van der Waals surface area contributed by atoms with Crippen molar-refractivity contribution < 1.29 is 13.5 Å². The zero-order valence-electron chi connectivity index (χ0n) is 9.05. The van der Waals surface area contributed by atoms with Crippen LogP contribution in [0.25, 0.3) is 0 Å². The van der Waals surface area contributed by atoms with Gasteiger partial charge in [-0.05, 0) is 24.3 Å². The van der Waals surface area contributed by atoms with Gasteiger partial charge in [-0.3, -0.25) is 0 Å². The quantitative estimate of drug-likeness (QED) is 0.700. The van der Waals surface area contributed by atoms with Crippen LogP contribution in [0, 0.1) is 0 Å². The lowest BCUT2D eigenvalue weighted by atomic mass is 10.2. The van der Waals surface area contributed by atoms with Gasteiger partial charge in [0.1, 0.15) is 4.21 Å². The van der Waals surface area contributed by atoms with Crippen molar-refractivity contribution in [3.63, 3.8) is 0 Å². The van der Waals surface area contributed by atoms with Crippen molar-refractivity contribution in [3.05, 3.63) is 17.5 Å². The van der Waals surface area contributed by atoms with Crippen LogP contribution in [0.5, 0.6) is 0 Å². The molecule has 0 aromatic carbocycles. The van der Waals surface area contributed by atoms with E-state index in [0.717, 1.165) is 25.7 Å². The summed E-state index contributed by atoms with van der Waals surface area (Å²) >= 11 is 1.22. The Labute approximate surface area is 100 Å². The first kappa shape index (κ1) is 13.6. The number of hydrogen-bond acceptors (Lipinski definition) is 4. The highest BCUT2D eigenvalue weighted by Gasteiger charge is 2.13. The number of aliphatic hydroxyl groups excluding tert-OH is 1. The molecule has 1 aromatic rings. The van der Waals surface area contributed by atoms with Crippen molar-refractivity contribution in [1.82, 2.24) is 4.72 Å². The van der Waals surface area contributed by atoms with Crippen LogP contribution in [0.1, 0.15) is 25.7 Å². The van der Waals surface area contributed by atoms with Crippen molar-refractivity contribution in [3.8, 4) is 0 Å². The zero-order chi connectivity index (χ0) is 11.9. The minimum absolute atomic E-state index is 0.209. The average Bonchev–Trinajstić information content (AvgIpc) is 2.77. The highest BCUT2D eigenvalue weighted by molar-refractivity contribution is 7.91. The third-order valence-electron chi connectivity index (χ3n) is 2.14. The molecular weight excluding hydrogens is 246 g/mol. The summed E-state index contributed by atoms with van der Waals surface area (Å²) in [6.45, 7) is 0.673. The van der Waals surface area contributed by atoms with Crippen molar-refractivity contribution in [2.45, 2.75) is 29.9 Å². The fourth-order valence-electron chi connectivity index (χ4n) is 1.28. The molecule has 0 aliphatic carbocycles. The number of nitrogens with one attached hydrogen (secondary N) is 1. The molecule has 0 saturated carbocycles. The smallest absolute Gasteiger partial charge is 0.250 e. The summed E-state index contributed by atoms with van der Waals surface area (Å²) in [5.41, 5.74) is 0. The number of hydrogen-bond donors (Lipinski definition) is 2. The minimum atomic E-state index is -3.29. The Hall–Kier alpha value is -0.430. The van der Waals surface area contributed by atoms with Gasteiger partial charge in [0, 0.05) is 13.2 Å². The van der Waals surface area contributed by atoms with Crippen LogP contribution in [-0.4, -0.2) is 26.7 Å². The van der Waals surface area contributed by atoms with E-state index in [2.05, 4.69) is 4.72 Å². The molecule has 92 valence electrons. The second-order valence-corrected chi connectivity index (χ2v) is 6.41. The maximum absolute atomic E-state index is 11.6. The molecule has 0 radical (unpaired) electrons. The Morgan fingerprint density at radius 2 is 2.00 bits per heavy atom. The molecule has 6 heteroatoms. The molecule has 0 saturated heterocycles. The fourth-order valence-corrected chi connectivity index (χ4v) is 3.40. The Balaban J connectivity index is 2.22. The molecule has 0 unspecified atom stereocenters. The highest BCUT2D eigenvalue weighted by atomic mass is 32.2. The van der Waals surface area contributed by atoms with Crippen molar-refractivity contribution in [1.29, 1.82) is 0 Å². The molecule has 16 heavy (non-hydrogen) atoms. The standard InChI is InChI=1S/C10H17NO3S2/c12-8-4-2-1-3-7-11-16(13,14)10-6-5-9-15-10/h5-6,9,11-12H,1-4,7-8H2. The number of aliphatic hydroxyl groups is 1. The van der Waals surface area contributed by atoms with Crippen molar-refractivity contribution in [2.24, 2.45) is 0 Å². The highest BCUT2D eigenvalue weighted by Crippen LogP contribution is 2.15. The van der Waals surface area contributed by atoms with E-state index in [1.54, 1.807) is 17.5 Å². The van der Waals surface area contributed by atoms with Crippen LogP contribution in [0.2, 0.25) is 0 Å². The summed E-state index contributed by atoms with van der Waals surface area (Å²) < 4.78 is 26.2. The van der Waals surface area contributed by atoms with Gasteiger partial charge in [0.05, 0.1) is 0 Å². The van der Waals surface area contributed by atoms with E-state index in [4.69, 9.17) is 5.11 Å². The van der Waals surface area contributed by atoms with Crippen molar-refractivity contribution in [2.75, 3.05) is 13.2 Å². The van der Waals surface area contributed by atoms with Gasteiger partial charge >= 0.3 is 0 Å². The summed E-state index contributed by atoms with van der Waals surface area (Å²) in [6.07, 6.45) is 3.48. The number of sulfonamides is 1. The fraction of sp³-hybridized carbons (Fsp3) is 0.600. The van der Waals surface area contributed by atoms with Gasteiger partial charge in [0.2, 0.25) is 10.0 Å². The van der Waals surface area contributed by atoms with Crippen LogP contribution in [-0.2, 0) is 10.0 Å². The lowest BCUT2D eigenvalue weighted by Gasteiger charge is -2.04. The van der Waals surface area contributed by atoms with Crippen LogP contribution in [0.4, 0.5) is 0 Å². The molecule has 1 heterocycles. The maximum Gasteiger partial charge on any atom is 0.250 e. The molecular formula is C10H17NO3S2. The summed E-state index contributed by atoms with van der Waals surface area (Å²) in [6, 6.07) is 3.32. The van der Waals surface area contributed by atoms with Gasteiger partial charge in [-0.2, -0.15) is 0 Å². The third kappa shape index (κ3) is 4.61. The van der Waals surface area contributed by atoms with Gasteiger partial charge in [-0.15, -0.1) is 11.3 Å². The van der Waals surface area contributed by atoms with Crippen LogP contribution in [0.15, 0.2) is 21.7 Å². The number of rotatable bonds is 8. The summed E-state index contributed by atoms with van der Waals surface area (Å²) in [7, 11) is -3.29. The van der Waals surface area contributed by atoms with Gasteiger partial charge in [-0.25, -0.2) is 13.1 Å². The Bertz CT molecular complexity index is 373. The molecule has 0 aliphatic heterocycles. The van der Waals surface area contributed by atoms with Crippen molar-refractivity contribution >= 4 is 21.4 Å². The molecule has 0 fully saturated rings. The number of unbranched alkanes of at least 4 members (excludes halogenated alkanes) is 3. The summed E-state index contributed by atoms with van der Waals surface area (Å²) in [5, 5.41) is 10.3. The SMILES string of the molecule is O=S(=O)(NCCCCCCO)c1cccs1. The molecule has 1 rings (SSSR count). The van der Waals surface area contributed by atoms with Gasteiger partial charge in [-0.1, -0.05) is 18.9 Å². The van der Waals surface area contributed by atoms with E-state index < -0.39 is 10.0 Å². The van der Waals surface area contributed by atoms with E-state index in [1.807, 2.05) is 0 Å². The Morgan fingerprint density at radius 3 is 2.62 bits per heavy atom. The van der Waals surface area contributed by atoms with Gasteiger partial charge in [0.25, 0.3) is 0 Å². The molecule has 4 nitrogen and oxygen atoms in total. The van der Waals surface area contributed by atoms with Gasteiger partial charge < -0.3 is 5.11 Å². The Morgan fingerprint density at radius 1 is 1.25 bits per heavy atom. The molecule has 0 amide bonds. The van der Waals surface area contributed by atoms with Crippen LogP contribution < -0.4 is 4.72 Å². The molecule has 1 aromatic heterocycles. The monoisotopic (exact) mass is 263 g/mol. The summed E-state index contributed by atoms with van der Waals surface area (Å²) in [4.78, 5) is 0. The molecule has 2 N–H and O–H groups in total. The predicted octanol–water partition coefficient (Wildman–Crippen LogP) is 1.58. The third-order valence-corrected chi connectivity index (χ3v) is 5.00. The lowest BCUT2D eigenvalue weighted by Crippen LogP contribution is -2.23. The average molecular weight is 263 g/mol. The second-order valence-electron chi connectivity index (χ2n) is 3.47. The summed E-state index contributed by atoms with van der Waals surface area (Å²) in [5.74, 6) is 0.